The summed E-state index contributed by atoms with van der Waals surface area (Å²) < 4.78 is 48.7. The summed E-state index contributed by atoms with van der Waals surface area (Å²) in [5, 5.41) is 4.65. The van der Waals surface area contributed by atoms with E-state index in [0.717, 1.165) is 5.56 Å². The van der Waals surface area contributed by atoms with Crippen molar-refractivity contribution in [3.05, 3.63) is 35.6 Å². The number of benzene rings is 1. The fraction of sp³-hybridized carbons (Fsp3) is 0.462. The molecule has 3 nitrogen and oxygen atoms in total. The third kappa shape index (κ3) is 5.56. The lowest BCUT2D eigenvalue weighted by Crippen LogP contribution is -2.45. The lowest BCUT2D eigenvalue weighted by atomic mass is 10.1. The van der Waals surface area contributed by atoms with Gasteiger partial charge < -0.3 is 5.32 Å². The van der Waals surface area contributed by atoms with Crippen LogP contribution in [0.1, 0.15) is 25.5 Å². The monoisotopic (exact) mass is 292 g/mol. The van der Waals surface area contributed by atoms with Gasteiger partial charge in [0.2, 0.25) is 5.91 Å². The van der Waals surface area contributed by atoms with Crippen molar-refractivity contribution >= 4 is 5.91 Å². The van der Waals surface area contributed by atoms with Gasteiger partial charge in [-0.05, 0) is 31.5 Å². The lowest BCUT2D eigenvalue weighted by Gasteiger charge is -2.20. The van der Waals surface area contributed by atoms with Crippen molar-refractivity contribution in [2.45, 2.75) is 32.1 Å². The topological polar surface area (TPSA) is 41.1 Å². The van der Waals surface area contributed by atoms with E-state index in [1.54, 1.807) is 24.4 Å². The lowest BCUT2D eigenvalue weighted by molar-refractivity contribution is -0.139. The van der Waals surface area contributed by atoms with Crippen LogP contribution in [0.5, 0.6) is 0 Å². The van der Waals surface area contributed by atoms with Crippen molar-refractivity contribution < 1.29 is 22.4 Å². The summed E-state index contributed by atoms with van der Waals surface area (Å²) in [5.74, 6) is -1.12. The molecule has 0 saturated carbocycles. The molecule has 1 unspecified atom stereocenters. The highest BCUT2D eigenvalue weighted by atomic mass is 19.4. The Morgan fingerprint density at radius 1 is 1.20 bits per heavy atom. The van der Waals surface area contributed by atoms with Crippen molar-refractivity contribution in [2.75, 3.05) is 6.54 Å². The predicted octanol–water partition coefficient (Wildman–Crippen LogP) is 2.54. The summed E-state index contributed by atoms with van der Waals surface area (Å²) in [5.41, 5.74) is 0.738. The smallest absolute Gasteiger partial charge is 0.346 e. The third-order valence-corrected chi connectivity index (χ3v) is 2.73. The Morgan fingerprint density at radius 2 is 1.75 bits per heavy atom. The first-order valence-electron chi connectivity index (χ1n) is 6.05. The third-order valence-electron chi connectivity index (χ3n) is 2.73. The molecule has 0 fully saturated rings. The Morgan fingerprint density at radius 3 is 2.25 bits per heavy atom. The van der Waals surface area contributed by atoms with Gasteiger partial charge in [0.1, 0.15) is 12.4 Å². The molecule has 1 rings (SSSR count). The minimum absolute atomic E-state index is 0.290. The van der Waals surface area contributed by atoms with Gasteiger partial charge in [0, 0.05) is 6.04 Å². The van der Waals surface area contributed by atoms with Gasteiger partial charge in [-0.2, -0.15) is 13.2 Å². The van der Waals surface area contributed by atoms with E-state index in [4.69, 9.17) is 0 Å². The van der Waals surface area contributed by atoms with Gasteiger partial charge in [-0.3, -0.25) is 10.1 Å². The number of rotatable bonds is 5. The van der Waals surface area contributed by atoms with Crippen LogP contribution in [0.15, 0.2) is 24.3 Å². The van der Waals surface area contributed by atoms with Gasteiger partial charge in [-0.15, -0.1) is 0 Å². The van der Waals surface area contributed by atoms with Gasteiger partial charge in [-0.25, -0.2) is 4.39 Å². The predicted molar refractivity (Wildman–Crippen MR) is 66.5 cm³/mol. The Bertz CT molecular complexity index is 445. The zero-order valence-corrected chi connectivity index (χ0v) is 11.1. The minimum Gasteiger partial charge on any atom is -0.346 e. The van der Waals surface area contributed by atoms with Crippen LogP contribution in [-0.4, -0.2) is 24.7 Å². The van der Waals surface area contributed by atoms with Crippen LogP contribution in [0.3, 0.4) is 0 Å². The molecule has 0 bridgehead atoms. The Balaban J connectivity index is 2.50. The quantitative estimate of drug-likeness (QED) is 0.819. The first-order chi connectivity index (χ1) is 9.19. The second-order valence-corrected chi connectivity index (χ2v) is 4.49. The first kappa shape index (κ1) is 16.4. The Hall–Kier alpha value is -1.63. The number of alkyl halides is 3. The number of nitrogens with one attached hydrogen (secondary N) is 2. The van der Waals surface area contributed by atoms with Crippen LogP contribution < -0.4 is 10.6 Å². The fourth-order valence-electron chi connectivity index (χ4n) is 1.64. The van der Waals surface area contributed by atoms with Crippen molar-refractivity contribution in [2.24, 2.45) is 0 Å². The molecule has 1 amide bonds. The van der Waals surface area contributed by atoms with Crippen molar-refractivity contribution in [3.8, 4) is 0 Å². The summed E-state index contributed by atoms with van der Waals surface area (Å²) >= 11 is 0. The molecule has 2 N–H and O–H groups in total. The van der Waals surface area contributed by atoms with Gasteiger partial charge >= 0.3 is 6.18 Å². The molecule has 20 heavy (non-hydrogen) atoms. The second kappa shape index (κ2) is 6.69. The van der Waals surface area contributed by atoms with E-state index in [2.05, 4.69) is 5.32 Å². The minimum atomic E-state index is -4.43. The maximum atomic E-state index is 12.8. The highest BCUT2D eigenvalue weighted by Gasteiger charge is 2.28. The van der Waals surface area contributed by atoms with Gasteiger partial charge in [0.15, 0.2) is 0 Å². The van der Waals surface area contributed by atoms with Gasteiger partial charge in [0.05, 0.1) is 6.04 Å². The van der Waals surface area contributed by atoms with Crippen molar-refractivity contribution in [1.82, 2.24) is 10.6 Å². The largest absolute Gasteiger partial charge is 0.405 e. The Kier molecular flexibility index (Phi) is 5.50. The zero-order valence-electron chi connectivity index (χ0n) is 11.1. The second-order valence-electron chi connectivity index (χ2n) is 4.49. The van der Waals surface area contributed by atoms with Crippen LogP contribution >= 0.6 is 0 Å². The fourth-order valence-corrected chi connectivity index (χ4v) is 1.64. The van der Waals surface area contributed by atoms with Crippen LogP contribution in [0.25, 0.3) is 0 Å². The average molecular weight is 292 g/mol. The molecule has 0 aromatic heterocycles. The van der Waals surface area contributed by atoms with E-state index < -0.39 is 24.7 Å². The maximum absolute atomic E-state index is 12.8. The van der Waals surface area contributed by atoms with Crippen molar-refractivity contribution in [1.29, 1.82) is 0 Å². The van der Waals surface area contributed by atoms with E-state index in [1.807, 2.05) is 0 Å². The molecule has 0 aliphatic rings. The molecule has 112 valence electrons. The molecular formula is C13H16F4N2O. The molecule has 7 heteroatoms. The standard InChI is InChI=1S/C13H16F4N2O/c1-8(10-3-5-11(14)6-4-10)19-9(2)12(20)18-7-13(15,16)17/h3-6,8-9,19H,7H2,1-2H3,(H,18,20)/t8-,9?/m0/s1. The summed E-state index contributed by atoms with van der Waals surface area (Å²) in [7, 11) is 0. The van der Waals surface area contributed by atoms with E-state index in [0.29, 0.717) is 0 Å². The van der Waals surface area contributed by atoms with Crippen LogP contribution in [0.4, 0.5) is 17.6 Å². The number of carbonyl (C=O) groups excluding carboxylic acids is 1. The normalized spacial score (nSPS) is 14.7. The first-order valence-corrected chi connectivity index (χ1v) is 6.05. The maximum Gasteiger partial charge on any atom is 0.405 e. The van der Waals surface area contributed by atoms with Crippen LogP contribution in [0.2, 0.25) is 0 Å². The van der Waals surface area contributed by atoms with Gasteiger partial charge in [0.25, 0.3) is 0 Å². The van der Waals surface area contributed by atoms with Gasteiger partial charge in [-0.1, -0.05) is 12.1 Å². The van der Waals surface area contributed by atoms with E-state index in [-0.39, 0.29) is 11.9 Å². The highest BCUT2D eigenvalue weighted by molar-refractivity contribution is 5.81. The molecule has 0 saturated heterocycles. The summed E-state index contributed by atoms with van der Waals surface area (Å²) in [6.07, 6.45) is -4.43. The number of amides is 1. The molecule has 0 radical (unpaired) electrons. The van der Waals surface area contributed by atoms with Crippen molar-refractivity contribution in [3.63, 3.8) is 0 Å². The summed E-state index contributed by atoms with van der Waals surface area (Å²) in [6.45, 7) is 1.84. The molecular weight excluding hydrogens is 276 g/mol. The molecule has 1 aromatic carbocycles. The summed E-state index contributed by atoms with van der Waals surface area (Å²) in [4.78, 5) is 11.5. The molecule has 1 aromatic rings. The molecule has 0 aliphatic carbocycles. The summed E-state index contributed by atoms with van der Waals surface area (Å²) in [6, 6.07) is 4.57. The Labute approximate surface area is 114 Å². The van der Waals surface area contributed by atoms with E-state index in [9.17, 15) is 22.4 Å². The number of halogens is 4. The number of hydrogen-bond donors (Lipinski definition) is 2. The van der Waals surface area contributed by atoms with E-state index >= 15 is 0 Å². The van der Waals surface area contributed by atoms with E-state index in [1.165, 1.54) is 19.1 Å². The number of carbonyl (C=O) groups is 1. The molecule has 0 aliphatic heterocycles. The average Bonchev–Trinajstić information content (AvgIpc) is 2.35. The van der Waals surface area contributed by atoms with Crippen LogP contribution in [-0.2, 0) is 4.79 Å². The zero-order chi connectivity index (χ0) is 15.3. The number of hydrogen-bond acceptors (Lipinski definition) is 2. The molecule has 2 atom stereocenters. The molecule has 0 spiro atoms. The SMILES string of the molecule is CC(N[C@@H](C)c1ccc(F)cc1)C(=O)NCC(F)(F)F. The van der Waals surface area contributed by atoms with Crippen LogP contribution in [0, 0.1) is 5.82 Å². The molecule has 0 heterocycles. The highest BCUT2D eigenvalue weighted by Crippen LogP contribution is 2.14.